The number of hydrogen-bond donors (Lipinski definition) is 2. The molecule has 1 heterocycles. The second-order valence-electron chi connectivity index (χ2n) is 6.13. The van der Waals surface area contributed by atoms with Crippen LogP contribution in [0.4, 0.5) is 0 Å². The minimum absolute atomic E-state index is 0. The third-order valence-electron chi connectivity index (χ3n) is 4.15. The van der Waals surface area contributed by atoms with E-state index in [0.29, 0.717) is 6.04 Å². The Morgan fingerprint density at radius 3 is 2.33 bits per heavy atom. The molecule has 2 aliphatic rings. The maximum Gasteiger partial charge on any atom is 0.237 e. The van der Waals surface area contributed by atoms with Gasteiger partial charge in [-0.05, 0) is 50.5 Å². The molecule has 1 saturated heterocycles. The van der Waals surface area contributed by atoms with Crippen molar-refractivity contribution in [1.82, 2.24) is 10.6 Å². The molecule has 3 atom stereocenters. The first kappa shape index (κ1) is 15.8. The Morgan fingerprint density at radius 2 is 1.78 bits per heavy atom. The van der Waals surface area contributed by atoms with E-state index in [1.54, 1.807) is 0 Å². The van der Waals surface area contributed by atoms with E-state index in [4.69, 9.17) is 0 Å². The maximum absolute atomic E-state index is 12.1. The van der Waals surface area contributed by atoms with E-state index >= 15 is 0 Å². The molecule has 1 aliphatic heterocycles. The van der Waals surface area contributed by atoms with Gasteiger partial charge < -0.3 is 10.6 Å². The summed E-state index contributed by atoms with van der Waals surface area (Å²) in [7, 11) is 0. The Kier molecular flexibility index (Phi) is 6.44. The van der Waals surface area contributed by atoms with E-state index in [9.17, 15) is 4.79 Å². The van der Waals surface area contributed by atoms with Crippen LogP contribution in [-0.4, -0.2) is 24.5 Å². The zero-order valence-electron chi connectivity index (χ0n) is 11.6. The van der Waals surface area contributed by atoms with E-state index < -0.39 is 0 Å². The van der Waals surface area contributed by atoms with E-state index in [-0.39, 0.29) is 24.4 Å². The lowest BCUT2D eigenvalue weighted by atomic mass is 9.80. The summed E-state index contributed by atoms with van der Waals surface area (Å²) in [5.74, 6) is 1.74. The first-order chi connectivity index (χ1) is 8.15. The molecule has 2 fully saturated rings. The van der Waals surface area contributed by atoms with Crippen LogP contribution in [0.15, 0.2) is 0 Å². The van der Waals surface area contributed by atoms with Gasteiger partial charge in [0, 0.05) is 6.04 Å². The predicted molar refractivity (Wildman–Crippen MR) is 77.0 cm³/mol. The fourth-order valence-corrected chi connectivity index (χ4v) is 3.44. The second-order valence-corrected chi connectivity index (χ2v) is 6.13. The Balaban J connectivity index is 0.00000162. The smallest absolute Gasteiger partial charge is 0.237 e. The summed E-state index contributed by atoms with van der Waals surface area (Å²) < 4.78 is 0. The van der Waals surface area contributed by atoms with Crippen LogP contribution < -0.4 is 10.6 Å². The molecule has 1 aliphatic carbocycles. The summed E-state index contributed by atoms with van der Waals surface area (Å²) in [6, 6.07) is 0.473. The van der Waals surface area contributed by atoms with E-state index in [1.165, 1.54) is 19.3 Å². The highest BCUT2D eigenvalue weighted by Crippen LogP contribution is 2.28. The van der Waals surface area contributed by atoms with Crippen molar-refractivity contribution in [3.05, 3.63) is 0 Å². The van der Waals surface area contributed by atoms with Gasteiger partial charge in [-0.15, -0.1) is 12.4 Å². The molecule has 3 nitrogen and oxygen atoms in total. The largest absolute Gasteiger partial charge is 0.352 e. The molecule has 1 amide bonds. The number of nitrogens with one attached hydrogen (secondary N) is 2. The van der Waals surface area contributed by atoms with Gasteiger partial charge >= 0.3 is 0 Å². The molecule has 0 aromatic heterocycles. The van der Waals surface area contributed by atoms with Gasteiger partial charge in [-0.25, -0.2) is 0 Å². The molecule has 0 spiro atoms. The number of piperidine rings is 1. The molecule has 4 heteroatoms. The normalized spacial score (nSPS) is 36.6. The second kappa shape index (κ2) is 7.34. The fraction of sp³-hybridized carbons (Fsp3) is 0.929. The number of hydrogen-bond acceptors (Lipinski definition) is 2. The molecular formula is C14H27ClN2O. The molecule has 0 aromatic rings. The van der Waals surface area contributed by atoms with Gasteiger partial charge in [0.15, 0.2) is 0 Å². The molecule has 0 aromatic carbocycles. The first-order valence-corrected chi connectivity index (χ1v) is 7.19. The summed E-state index contributed by atoms with van der Waals surface area (Å²) in [5, 5.41) is 6.57. The average molecular weight is 275 g/mol. The highest BCUT2D eigenvalue weighted by molar-refractivity contribution is 5.85. The minimum atomic E-state index is 0. The lowest BCUT2D eigenvalue weighted by Gasteiger charge is -2.33. The molecule has 18 heavy (non-hydrogen) atoms. The van der Waals surface area contributed by atoms with Crippen LogP contribution in [0.1, 0.15) is 52.4 Å². The molecular weight excluding hydrogens is 248 g/mol. The maximum atomic E-state index is 12.1. The number of amides is 1. The molecule has 3 unspecified atom stereocenters. The van der Waals surface area contributed by atoms with Crippen molar-refractivity contribution < 1.29 is 4.79 Å². The van der Waals surface area contributed by atoms with E-state index in [1.807, 2.05) is 0 Å². The van der Waals surface area contributed by atoms with Crippen LogP contribution in [0.2, 0.25) is 0 Å². The number of rotatable bonds is 2. The summed E-state index contributed by atoms with van der Waals surface area (Å²) in [5.41, 5.74) is 0. The molecule has 106 valence electrons. The van der Waals surface area contributed by atoms with Crippen molar-refractivity contribution in [1.29, 1.82) is 0 Å². The van der Waals surface area contributed by atoms with Gasteiger partial charge in [0.1, 0.15) is 0 Å². The standard InChI is InChI=1S/C14H26N2O.ClH/c1-10-7-11(2)9-12(8-10)16-14(17)13-5-3-4-6-15-13;/h10-13,15H,3-9H2,1-2H3,(H,16,17);1H. The van der Waals surface area contributed by atoms with Crippen LogP contribution in [0.5, 0.6) is 0 Å². The van der Waals surface area contributed by atoms with Crippen molar-refractivity contribution >= 4 is 18.3 Å². The van der Waals surface area contributed by atoms with Crippen molar-refractivity contribution in [2.45, 2.75) is 64.5 Å². The predicted octanol–water partition coefficient (Wildman–Crippen LogP) is 2.49. The van der Waals surface area contributed by atoms with E-state index in [0.717, 1.165) is 37.6 Å². The van der Waals surface area contributed by atoms with Crippen LogP contribution in [0, 0.1) is 11.8 Å². The SMILES string of the molecule is CC1CC(C)CC(NC(=O)C2CCCCN2)C1.Cl. The van der Waals surface area contributed by atoms with Crippen LogP contribution in [0.25, 0.3) is 0 Å². The lowest BCUT2D eigenvalue weighted by Crippen LogP contribution is -2.50. The van der Waals surface area contributed by atoms with Gasteiger partial charge in [-0.2, -0.15) is 0 Å². The van der Waals surface area contributed by atoms with E-state index in [2.05, 4.69) is 24.5 Å². The number of carbonyl (C=O) groups excluding carboxylic acids is 1. The quantitative estimate of drug-likeness (QED) is 0.812. The summed E-state index contributed by atoms with van der Waals surface area (Å²) in [6.07, 6.45) is 7.02. The highest BCUT2D eigenvalue weighted by Gasteiger charge is 2.27. The minimum Gasteiger partial charge on any atom is -0.352 e. The third-order valence-corrected chi connectivity index (χ3v) is 4.15. The highest BCUT2D eigenvalue weighted by atomic mass is 35.5. The third kappa shape index (κ3) is 4.43. The lowest BCUT2D eigenvalue weighted by molar-refractivity contribution is -0.124. The van der Waals surface area contributed by atoms with Crippen LogP contribution >= 0.6 is 12.4 Å². The summed E-state index contributed by atoms with van der Waals surface area (Å²) in [6.45, 7) is 5.59. The molecule has 2 rings (SSSR count). The van der Waals surface area contributed by atoms with Gasteiger partial charge in [0.25, 0.3) is 0 Å². The van der Waals surface area contributed by atoms with Crippen LogP contribution in [-0.2, 0) is 4.79 Å². The van der Waals surface area contributed by atoms with Crippen molar-refractivity contribution in [2.75, 3.05) is 6.54 Å². The number of halogens is 1. The van der Waals surface area contributed by atoms with Gasteiger partial charge in [0.05, 0.1) is 6.04 Å². The van der Waals surface area contributed by atoms with Gasteiger partial charge in [-0.3, -0.25) is 4.79 Å². The number of carbonyl (C=O) groups is 1. The van der Waals surface area contributed by atoms with Gasteiger partial charge in [-0.1, -0.05) is 20.3 Å². The Labute approximate surface area is 117 Å². The van der Waals surface area contributed by atoms with Gasteiger partial charge in [0.2, 0.25) is 5.91 Å². The summed E-state index contributed by atoms with van der Waals surface area (Å²) in [4.78, 5) is 12.1. The van der Waals surface area contributed by atoms with Crippen molar-refractivity contribution in [2.24, 2.45) is 11.8 Å². The molecule has 0 radical (unpaired) electrons. The zero-order chi connectivity index (χ0) is 12.3. The summed E-state index contributed by atoms with van der Waals surface area (Å²) >= 11 is 0. The topological polar surface area (TPSA) is 41.1 Å². The Morgan fingerprint density at radius 1 is 1.11 bits per heavy atom. The Hall–Kier alpha value is -0.280. The molecule has 2 N–H and O–H groups in total. The fourth-order valence-electron chi connectivity index (χ4n) is 3.44. The van der Waals surface area contributed by atoms with Crippen molar-refractivity contribution in [3.63, 3.8) is 0 Å². The average Bonchev–Trinajstić information content (AvgIpc) is 2.28. The first-order valence-electron chi connectivity index (χ1n) is 7.19. The Bertz CT molecular complexity index is 257. The molecule has 1 saturated carbocycles. The van der Waals surface area contributed by atoms with Crippen LogP contribution in [0.3, 0.4) is 0 Å². The van der Waals surface area contributed by atoms with Crippen molar-refractivity contribution in [3.8, 4) is 0 Å². The molecule has 0 bridgehead atoms. The zero-order valence-corrected chi connectivity index (χ0v) is 12.4. The monoisotopic (exact) mass is 274 g/mol.